The fourth-order valence-corrected chi connectivity index (χ4v) is 3.64. The van der Waals surface area contributed by atoms with Crippen molar-refractivity contribution in [2.24, 2.45) is 0 Å². The summed E-state index contributed by atoms with van der Waals surface area (Å²) in [5, 5.41) is 0. The smallest absolute Gasteiger partial charge is 0.262 e. The number of methoxy groups -OCH3 is 1. The van der Waals surface area contributed by atoms with Gasteiger partial charge in [-0.2, -0.15) is 0 Å². The minimum Gasteiger partial charge on any atom is -0.497 e. The molecule has 3 N–H and O–H groups in total. The summed E-state index contributed by atoms with van der Waals surface area (Å²) >= 11 is 3.31. The summed E-state index contributed by atoms with van der Waals surface area (Å²) in [6, 6.07) is 9.81. The largest absolute Gasteiger partial charge is 0.497 e. The first-order chi connectivity index (χ1) is 9.83. The summed E-state index contributed by atoms with van der Waals surface area (Å²) < 4.78 is 33.2. The number of hydrogen-bond acceptors (Lipinski definition) is 4. The molecule has 0 bridgehead atoms. The van der Waals surface area contributed by atoms with Gasteiger partial charge >= 0.3 is 0 Å². The van der Waals surface area contributed by atoms with E-state index in [4.69, 9.17) is 10.5 Å². The molecular weight excluding hydrogens is 356 g/mol. The lowest BCUT2D eigenvalue weighted by Gasteiger charge is -2.13. The zero-order chi connectivity index (χ0) is 15.6. The number of halogens is 1. The number of ether oxygens (including phenoxy) is 1. The molecule has 0 fully saturated rings. The number of nitrogens with two attached hydrogens (primary N) is 1. The second-order valence-corrected chi connectivity index (χ2v) is 6.98. The highest BCUT2D eigenvalue weighted by molar-refractivity contribution is 9.10. The third kappa shape index (κ3) is 3.48. The Morgan fingerprint density at radius 3 is 2.57 bits per heavy atom. The number of hydrogen-bond donors (Lipinski definition) is 2. The molecule has 0 heterocycles. The van der Waals surface area contributed by atoms with Crippen LogP contribution in [0, 0.1) is 6.92 Å². The maximum atomic E-state index is 12.5. The van der Waals surface area contributed by atoms with E-state index in [1.54, 1.807) is 37.3 Å². The lowest BCUT2D eigenvalue weighted by atomic mass is 10.2. The molecule has 0 aromatic heterocycles. The second-order valence-electron chi connectivity index (χ2n) is 4.48. The van der Waals surface area contributed by atoms with E-state index >= 15 is 0 Å². The van der Waals surface area contributed by atoms with Crippen molar-refractivity contribution in [3.8, 4) is 5.75 Å². The molecule has 0 aliphatic carbocycles. The number of anilines is 2. The molecular formula is C14H15BrN2O3S. The zero-order valence-corrected chi connectivity index (χ0v) is 14.0. The molecule has 0 saturated heterocycles. The van der Waals surface area contributed by atoms with Gasteiger partial charge in [0.05, 0.1) is 17.7 Å². The first-order valence-electron chi connectivity index (χ1n) is 6.06. The quantitative estimate of drug-likeness (QED) is 0.809. The van der Waals surface area contributed by atoms with E-state index in [1.807, 2.05) is 0 Å². The minimum absolute atomic E-state index is 0.150. The highest BCUT2D eigenvalue weighted by Crippen LogP contribution is 2.30. The molecule has 2 rings (SSSR count). The summed E-state index contributed by atoms with van der Waals surface area (Å²) in [5.41, 5.74) is 7.09. The van der Waals surface area contributed by atoms with Crippen LogP contribution >= 0.6 is 15.9 Å². The molecule has 0 spiro atoms. The molecule has 5 nitrogen and oxygen atoms in total. The van der Waals surface area contributed by atoms with Crippen LogP contribution in [-0.2, 0) is 10.0 Å². The summed E-state index contributed by atoms with van der Waals surface area (Å²) in [6.45, 7) is 1.72. The number of rotatable bonds is 4. The number of nitrogens with one attached hydrogen (secondary N) is 1. The molecule has 21 heavy (non-hydrogen) atoms. The molecule has 0 aliphatic heterocycles. The highest BCUT2D eigenvalue weighted by atomic mass is 79.9. The van der Waals surface area contributed by atoms with Crippen LogP contribution in [0.2, 0.25) is 0 Å². The van der Waals surface area contributed by atoms with E-state index in [1.165, 1.54) is 13.2 Å². The van der Waals surface area contributed by atoms with Gasteiger partial charge in [-0.1, -0.05) is 6.07 Å². The Labute approximate surface area is 132 Å². The molecule has 2 aromatic carbocycles. The van der Waals surface area contributed by atoms with Crippen LogP contribution in [-0.4, -0.2) is 15.5 Å². The average molecular weight is 371 g/mol. The maximum absolute atomic E-state index is 12.5. The van der Waals surface area contributed by atoms with Crippen molar-refractivity contribution in [2.45, 2.75) is 11.8 Å². The predicted octanol–water partition coefficient (Wildman–Crippen LogP) is 3.15. The molecule has 0 amide bonds. The minimum atomic E-state index is -3.73. The normalized spacial score (nSPS) is 11.2. The van der Waals surface area contributed by atoms with Gasteiger partial charge in [0.25, 0.3) is 10.0 Å². The first kappa shape index (κ1) is 15.7. The zero-order valence-electron chi connectivity index (χ0n) is 11.6. The van der Waals surface area contributed by atoms with Gasteiger partial charge in [-0.05, 0) is 52.7 Å². The fourth-order valence-electron chi connectivity index (χ4n) is 1.82. The van der Waals surface area contributed by atoms with Crippen molar-refractivity contribution in [1.82, 2.24) is 0 Å². The summed E-state index contributed by atoms with van der Waals surface area (Å²) in [4.78, 5) is 0.150. The molecule has 2 aromatic rings. The SMILES string of the molecule is COc1ccc(Br)c(NS(=O)(=O)c2cc(N)ccc2C)c1. The molecule has 0 unspecified atom stereocenters. The molecule has 0 atom stereocenters. The molecule has 0 aliphatic rings. The number of sulfonamides is 1. The Balaban J connectivity index is 2.44. The molecule has 0 radical (unpaired) electrons. The Kier molecular flexibility index (Phi) is 4.43. The predicted molar refractivity (Wildman–Crippen MR) is 87.1 cm³/mol. The third-order valence-electron chi connectivity index (χ3n) is 2.92. The van der Waals surface area contributed by atoms with Gasteiger partial charge in [0.1, 0.15) is 5.75 Å². The standard InChI is InChI=1S/C14H15BrN2O3S/c1-9-3-4-10(16)7-14(9)21(18,19)17-13-8-11(20-2)5-6-12(13)15/h3-8,17H,16H2,1-2H3. The van der Waals surface area contributed by atoms with Gasteiger partial charge in [0, 0.05) is 16.2 Å². The van der Waals surface area contributed by atoms with E-state index in [0.717, 1.165) is 0 Å². The van der Waals surface area contributed by atoms with E-state index < -0.39 is 10.0 Å². The summed E-state index contributed by atoms with van der Waals surface area (Å²) in [5.74, 6) is 0.556. The van der Waals surface area contributed by atoms with Crippen LogP contribution in [0.5, 0.6) is 5.75 Å². The average Bonchev–Trinajstić information content (AvgIpc) is 2.43. The van der Waals surface area contributed by atoms with Gasteiger partial charge in [-0.25, -0.2) is 8.42 Å². The Hall–Kier alpha value is -1.73. The lowest BCUT2D eigenvalue weighted by molar-refractivity contribution is 0.415. The first-order valence-corrected chi connectivity index (χ1v) is 8.33. The van der Waals surface area contributed by atoms with Crippen LogP contribution in [0.3, 0.4) is 0 Å². The van der Waals surface area contributed by atoms with E-state index in [0.29, 0.717) is 27.2 Å². The van der Waals surface area contributed by atoms with Gasteiger partial charge in [0.2, 0.25) is 0 Å². The Bertz CT molecular complexity index is 776. The van der Waals surface area contributed by atoms with Crippen molar-refractivity contribution in [1.29, 1.82) is 0 Å². The van der Waals surface area contributed by atoms with Crippen LogP contribution in [0.4, 0.5) is 11.4 Å². The highest BCUT2D eigenvalue weighted by Gasteiger charge is 2.18. The van der Waals surface area contributed by atoms with Crippen LogP contribution in [0.1, 0.15) is 5.56 Å². The van der Waals surface area contributed by atoms with Gasteiger partial charge in [0.15, 0.2) is 0 Å². The topological polar surface area (TPSA) is 81.4 Å². The third-order valence-corrected chi connectivity index (χ3v) is 5.12. The van der Waals surface area contributed by atoms with Crippen molar-refractivity contribution >= 4 is 37.3 Å². The Morgan fingerprint density at radius 2 is 1.90 bits per heavy atom. The van der Waals surface area contributed by atoms with Crippen molar-refractivity contribution < 1.29 is 13.2 Å². The summed E-state index contributed by atoms with van der Waals surface area (Å²) in [6.07, 6.45) is 0. The van der Waals surface area contributed by atoms with Gasteiger partial charge in [-0.3, -0.25) is 4.72 Å². The molecule has 7 heteroatoms. The van der Waals surface area contributed by atoms with E-state index in [2.05, 4.69) is 20.7 Å². The monoisotopic (exact) mass is 370 g/mol. The number of aryl methyl sites for hydroxylation is 1. The second kappa shape index (κ2) is 5.95. The van der Waals surface area contributed by atoms with Crippen LogP contribution in [0.15, 0.2) is 45.8 Å². The van der Waals surface area contributed by atoms with Gasteiger partial charge in [-0.15, -0.1) is 0 Å². The van der Waals surface area contributed by atoms with E-state index in [-0.39, 0.29) is 4.90 Å². The van der Waals surface area contributed by atoms with Crippen LogP contribution in [0.25, 0.3) is 0 Å². The van der Waals surface area contributed by atoms with Gasteiger partial charge < -0.3 is 10.5 Å². The lowest BCUT2D eigenvalue weighted by Crippen LogP contribution is -2.15. The fraction of sp³-hybridized carbons (Fsp3) is 0.143. The van der Waals surface area contributed by atoms with E-state index in [9.17, 15) is 8.42 Å². The van der Waals surface area contributed by atoms with Crippen LogP contribution < -0.4 is 15.2 Å². The number of nitrogen functional groups attached to an aromatic ring is 1. The summed E-state index contributed by atoms with van der Waals surface area (Å²) in [7, 11) is -2.21. The Morgan fingerprint density at radius 1 is 1.19 bits per heavy atom. The molecule has 112 valence electrons. The van der Waals surface area contributed by atoms with Crippen molar-refractivity contribution in [2.75, 3.05) is 17.6 Å². The molecule has 0 saturated carbocycles. The maximum Gasteiger partial charge on any atom is 0.262 e. The number of benzene rings is 2. The van der Waals surface area contributed by atoms with Crippen molar-refractivity contribution in [3.05, 3.63) is 46.4 Å². The van der Waals surface area contributed by atoms with Crippen molar-refractivity contribution in [3.63, 3.8) is 0 Å².